The van der Waals surface area contributed by atoms with Gasteiger partial charge in [-0.05, 0) is 24.3 Å². The van der Waals surface area contributed by atoms with E-state index in [1.165, 1.54) is 20.5 Å². The van der Waals surface area contributed by atoms with E-state index in [0.29, 0.717) is 15.8 Å². The molecule has 0 spiro atoms. The molecule has 1 aromatic carbocycles. The van der Waals surface area contributed by atoms with Gasteiger partial charge in [-0.3, -0.25) is 18.7 Å². The summed E-state index contributed by atoms with van der Waals surface area (Å²) < 4.78 is 3.29. The Bertz CT molecular complexity index is 1010. The summed E-state index contributed by atoms with van der Waals surface area (Å²) in [6.07, 6.45) is 1.69. The third-order valence-electron chi connectivity index (χ3n) is 4.09. The zero-order valence-electron chi connectivity index (χ0n) is 12.3. The number of ketones is 1. The number of aromatic nitrogens is 2. The summed E-state index contributed by atoms with van der Waals surface area (Å²) >= 11 is 1.31. The van der Waals surface area contributed by atoms with Crippen LogP contribution in [0.15, 0.2) is 51.4 Å². The van der Waals surface area contributed by atoms with Crippen molar-refractivity contribution in [2.45, 2.75) is 25.4 Å². The Hall–Kier alpha value is -2.47. The van der Waals surface area contributed by atoms with Gasteiger partial charge in [0.15, 0.2) is 5.78 Å². The molecule has 1 aliphatic carbocycles. The third-order valence-corrected chi connectivity index (χ3v) is 4.99. The van der Waals surface area contributed by atoms with E-state index >= 15 is 0 Å². The van der Waals surface area contributed by atoms with Gasteiger partial charge in [-0.15, -0.1) is 11.3 Å². The van der Waals surface area contributed by atoms with Gasteiger partial charge < -0.3 is 0 Å². The van der Waals surface area contributed by atoms with Gasteiger partial charge in [-0.1, -0.05) is 30.3 Å². The summed E-state index contributed by atoms with van der Waals surface area (Å²) in [5.74, 6) is -0.138. The molecule has 5 nitrogen and oxygen atoms in total. The molecular weight excluding hydrogens is 312 g/mol. The van der Waals surface area contributed by atoms with Crippen LogP contribution in [-0.4, -0.2) is 14.9 Å². The minimum Gasteiger partial charge on any atom is -0.292 e. The number of rotatable bonds is 4. The van der Waals surface area contributed by atoms with Crippen molar-refractivity contribution in [2.75, 3.05) is 0 Å². The lowest BCUT2D eigenvalue weighted by Crippen LogP contribution is -2.40. The standard InChI is InChI=1S/C17H14N2O3S/c20-14(11-4-2-1-3-5-11)10-18-13-8-9-23-15(13)16(21)19(17(18)22)12-6-7-12/h1-5,8-9,12H,6-7,10H2. The molecule has 116 valence electrons. The first-order valence-corrected chi connectivity index (χ1v) is 8.35. The van der Waals surface area contributed by atoms with Crippen molar-refractivity contribution in [3.8, 4) is 0 Å². The van der Waals surface area contributed by atoms with E-state index in [1.54, 1.807) is 35.7 Å². The molecule has 0 unspecified atom stereocenters. The number of Topliss-reactive ketones (excluding diaryl/α,β-unsaturated/α-hetero) is 1. The number of benzene rings is 1. The predicted octanol–water partition coefficient (Wildman–Crippen LogP) is 2.44. The maximum atomic E-state index is 12.7. The van der Waals surface area contributed by atoms with Gasteiger partial charge in [0.25, 0.3) is 5.56 Å². The summed E-state index contributed by atoms with van der Waals surface area (Å²) in [6.45, 7) is -0.0525. The summed E-state index contributed by atoms with van der Waals surface area (Å²) in [7, 11) is 0. The van der Waals surface area contributed by atoms with Gasteiger partial charge >= 0.3 is 5.69 Å². The fourth-order valence-corrected chi connectivity index (χ4v) is 3.60. The van der Waals surface area contributed by atoms with E-state index in [-0.39, 0.29) is 29.6 Å². The van der Waals surface area contributed by atoms with Crippen molar-refractivity contribution in [1.29, 1.82) is 0 Å². The zero-order chi connectivity index (χ0) is 16.0. The van der Waals surface area contributed by atoms with E-state index in [1.807, 2.05) is 6.07 Å². The van der Waals surface area contributed by atoms with E-state index in [2.05, 4.69) is 0 Å². The highest BCUT2D eigenvalue weighted by Crippen LogP contribution is 2.32. The van der Waals surface area contributed by atoms with Gasteiger partial charge in [0.1, 0.15) is 4.70 Å². The minimum atomic E-state index is -0.382. The fourth-order valence-electron chi connectivity index (χ4n) is 2.77. The number of carbonyl (C=O) groups is 1. The lowest BCUT2D eigenvalue weighted by atomic mass is 10.1. The normalized spacial score (nSPS) is 14.3. The Morgan fingerprint density at radius 2 is 1.87 bits per heavy atom. The SMILES string of the molecule is O=C(Cn1c(=O)n(C2CC2)c(=O)c2sccc21)c1ccccc1. The van der Waals surface area contributed by atoms with Crippen molar-refractivity contribution in [2.24, 2.45) is 0 Å². The molecule has 23 heavy (non-hydrogen) atoms. The number of thiophene rings is 1. The van der Waals surface area contributed by atoms with Crippen molar-refractivity contribution in [1.82, 2.24) is 9.13 Å². The van der Waals surface area contributed by atoms with Gasteiger partial charge in [-0.2, -0.15) is 0 Å². The molecule has 0 bridgehead atoms. The molecule has 0 radical (unpaired) electrons. The van der Waals surface area contributed by atoms with Crippen molar-refractivity contribution >= 4 is 27.3 Å². The Balaban J connectivity index is 1.87. The number of carbonyl (C=O) groups excluding carboxylic acids is 1. The summed E-state index contributed by atoms with van der Waals surface area (Å²) in [4.78, 5) is 37.7. The summed E-state index contributed by atoms with van der Waals surface area (Å²) in [6, 6.07) is 10.6. The highest BCUT2D eigenvalue weighted by atomic mass is 32.1. The van der Waals surface area contributed by atoms with E-state index in [4.69, 9.17) is 0 Å². The molecule has 0 N–H and O–H groups in total. The fraction of sp³-hybridized carbons (Fsp3) is 0.235. The summed E-state index contributed by atoms with van der Waals surface area (Å²) in [5.41, 5.74) is 0.497. The molecule has 3 aromatic rings. The highest BCUT2D eigenvalue weighted by molar-refractivity contribution is 7.17. The molecule has 1 saturated carbocycles. The predicted molar refractivity (Wildman–Crippen MR) is 89.4 cm³/mol. The highest BCUT2D eigenvalue weighted by Gasteiger charge is 2.29. The molecular formula is C17H14N2O3S. The molecule has 2 heterocycles. The van der Waals surface area contributed by atoms with Crippen LogP contribution in [0.2, 0.25) is 0 Å². The van der Waals surface area contributed by atoms with Crippen LogP contribution >= 0.6 is 11.3 Å². The number of nitrogens with zero attached hydrogens (tertiary/aromatic N) is 2. The zero-order valence-corrected chi connectivity index (χ0v) is 13.1. The van der Waals surface area contributed by atoms with Crippen LogP contribution in [0, 0.1) is 0 Å². The van der Waals surface area contributed by atoms with E-state index < -0.39 is 0 Å². The number of hydrogen-bond donors (Lipinski definition) is 0. The second kappa shape index (κ2) is 5.31. The van der Waals surface area contributed by atoms with Crippen LogP contribution in [0.3, 0.4) is 0 Å². The molecule has 0 saturated heterocycles. The lowest BCUT2D eigenvalue weighted by molar-refractivity contribution is 0.0971. The maximum absolute atomic E-state index is 12.7. The molecule has 0 amide bonds. The lowest BCUT2D eigenvalue weighted by Gasteiger charge is -2.11. The topological polar surface area (TPSA) is 61.1 Å². The first-order valence-electron chi connectivity index (χ1n) is 7.47. The first kappa shape index (κ1) is 14.1. The van der Waals surface area contributed by atoms with Crippen LogP contribution in [0.4, 0.5) is 0 Å². The molecule has 4 rings (SSSR count). The van der Waals surface area contributed by atoms with E-state index in [9.17, 15) is 14.4 Å². The average Bonchev–Trinajstić information content (AvgIpc) is 3.27. The average molecular weight is 326 g/mol. The minimum absolute atomic E-state index is 0.0143. The van der Waals surface area contributed by atoms with E-state index in [0.717, 1.165) is 12.8 Å². The Morgan fingerprint density at radius 1 is 1.13 bits per heavy atom. The molecule has 0 atom stereocenters. The van der Waals surface area contributed by atoms with Crippen LogP contribution < -0.4 is 11.2 Å². The first-order chi connectivity index (χ1) is 11.2. The quantitative estimate of drug-likeness (QED) is 0.692. The Labute approximate surface area is 135 Å². The van der Waals surface area contributed by atoms with Gasteiger partial charge in [0.2, 0.25) is 0 Å². The monoisotopic (exact) mass is 326 g/mol. The van der Waals surface area contributed by atoms with Crippen LogP contribution in [0.25, 0.3) is 10.2 Å². The smallest absolute Gasteiger partial charge is 0.292 e. The van der Waals surface area contributed by atoms with Crippen molar-refractivity contribution in [3.05, 3.63) is 68.2 Å². The molecule has 1 fully saturated rings. The maximum Gasteiger partial charge on any atom is 0.332 e. The number of fused-ring (bicyclic) bond motifs is 1. The van der Waals surface area contributed by atoms with Crippen molar-refractivity contribution in [3.63, 3.8) is 0 Å². The second-order valence-corrected chi connectivity index (χ2v) is 6.62. The Kier molecular flexibility index (Phi) is 3.27. The van der Waals surface area contributed by atoms with Crippen LogP contribution in [-0.2, 0) is 6.54 Å². The molecule has 1 aliphatic rings. The Morgan fingerprint density at radius 3 is 2.57 bits per heavy atom. The van der Waals surface area contributed by atoms with Crippen LogP contribution in [0.5, 0.6) is 0 Å². The van der Waals surface area contributed by atoms with Crippen molar-refractivity contribution < 1.29 is 4.79 Å². The second-order valence-electron chi connectivity index (χ2n) is 5.70. The van der Waals surface area contributed by atoms with Gasteiger partial charge in [0.05, 0.1) is 12.1 Å². The van der Waals surface area contributed by atoms with Gasteiger partial charge in [-0.25, -0.2) is 4.79 Å². The third kappa shape index (κ3) is 2.35. The largest absolute Gasteiger partial charge is 0.332 e. The summed E-state index contributed by atoms with van der Waals surface area (Å²) in [5, 5.41) is 1.78. The number of hydrogen-bond acceptors (Lipinski definition) is 4. The van der Waals surface area contributed by atoms with Gasteiger partial charge in [0, 0.05) is 11.6 Å². The van der Waals surface area contributed by atoms with Crippen LogP contribution in [0.1, 0.15) is 29.2 Å². The molecule has 2 aromatic heterocycles. The molecule has 6 heteroatoms. The molecule has 0 aliphatic heterocycles.